The summed E-state index contributed by atoms with van der Waals surface area (Å²) in [6, 6.07) is 7.78. The van der Waals surface area contributed by atoms with E-state index in [1.54, 1.807) is 6.92 Å². The average Bonchev–Trinajstić information content (AvgIpc) is 2.35. The molecule has 0 aliphatic rings. The summed E-state index contributed by atoms with van der Waals surface area (Å²) in [5, 5.41) is 2.82. The van der Waals surface area contributed by atoms with Gasteiger partial charge in [-0.3, -0.25) is 0 Å². The highest BCUT2D eigenvalue weighted by molar-refractivity contribution is 7.92. The van der Waals surface area contributed by atoms with E-state index in [0.717, 1.165) is 11.1 Å². The van der Waals surface area contributed by atoms with Crippen molar-refractivity contribution < 1.29 is 8.42 Å². The van der Waals surface area contributed by atoms with E-state index < -0.39 is 9.84 Å². The maximum atomic E-state index is 12.4. The lowest BCUT2D eigenvalue weighted by atomic mass is 10.0. The van der Waals surface area contributed by atoms with Gasteiger partial charge < -0.3 is 5.32 Å². The molecule has 0 aliphatic heterocycles. The lowest BCUT2D eigenvalue weighted by Gasteiger charge is -2.23. The third kappa shape index (κ3) is 4.05. The Morgan fingerprint density at radius 2 is 1.74 bits per heavy atom. The second kappa shape index (κ2) is 6.53. The fraction of sp³-hybridized carbons (Fsp3) is 0.600. The SMILES string of the molecule is CNC(CS(=O)(=O)C(C)C(C)C)c1ccccc1C. The first-order valence-electron chi connectivity index (χ1n) is 6.74. The smallest absolute Gasteiger partial charge is 0.155 e. The average molecular weight is 283 g/mol. The third-order valence-corrected chi connectivity index (χ3v) is 6.29. The van der Waals surface area contributed by atoms with Gasteiger partial charge in [0.25, 0.3) is 0 Å². The fourth-order valence-corrected chi connectivity index (χ4v) is 4.05. The highest BCUT2D eigenvalue weighted by Gasteiger charge is 2.28. The zero-order chi connectivity index (χ0) is 14.6. The molecule has 0 amide bonds. The van der Waals surface area contributed by atoms with Crippen LogP contribution in [0, 0.1) is 12.8 Å². The van der Waals surface area contributed by atoms with Gasteiger partial charge in [0.1, 0.15) is 0 Å². The molecule has 4 heteroatoms. The molecular formula is C15H25NO2S. The number of hydrogen-bond acceptors (Lipinski definition) is 3. The van der Waals surface area contributed by atoms with E-state index in [2.05, 4.69) is 5.32 Å². The third-order valence-electron chi connectivity index (χ3n) is 3.82. The number of nitrogens with one attached hydrogen (secondary N) is 1. The first-order chi connectivity index (χ1) is 8.79. The molecule has 0 saturated carbocycles. The first-order valence-corrected chi connectivity index (χ1v) is 8.45. The van der Waals surface area contributed by atoms with Crippen LogP contribution >= 0.6 is 0 Å². The van der Waals surface area contributed by atoms with Crippen molar-refractivity contribution >= 4 is 9.84 Å². The van der Waals surface area contributed by atoms with Gasteiger partial charge in [-0.1, -0.05) is 38.1 Å². The van der Waals surface area contributed by atoms with E-state index in [9.17, 15) is 8.42 Å². The molecule has 0 spiro atoms. The van der Waals surface area contributed by atoms with Crippen LogP contribution in [0.1, 0.15) is 37.9 Å². The zero-order valence-corrected chi connectivity index (χ0v) is 13.3. The van der Waals surface area contributed by atoms with Gasteiger partial charge in [-0.2, -0.15) is 0 Å². The minimum Gasteiger partial charge on any atom is -0.312 e. The highest BCUT2D eigenvalue weighted by atomic mass is 32.2. The lowest BCUT2D eigenvalue weighted by molar-refractivity contribution is 0.532. The lowest BCUT2D eigenvalue weighted by Crippen LogP contribution is -2.33. The molecule has 0 fully saturated rings. The van der Waals surface area contributed by atoms with Crippen LogP contribution in [0.3, 0.4) is 0 Å². The molecule has 2 unspecified atom stereocenters. The molecule has 2 atom stereocenters. The summed E-state index contributed by atoms with van der Waals surface area (Å²) in [6.07, 6.45) is 0. The van der Waals surface area contributed by atoms with Crippen LogP contribution in [0.15, 0.2) is 24.3 Å². The van der Waals surface area contributed by atoms with Crippen LogP contribution in [0.4, 0.5) is 0 Å². The van der Waals surface area contributed by atoms with Crippen molar-refractivity contribution in [2.24, 2.45) is 5.92 Å². The molecule has 0 radical (unpaired) electrons. The number of rotatable bonds is 6. The molecule has 1 aromatic rings. The Balaban J connectivity index is 2.99. The van der Waals surface area contributed by atoms with Crippen LogP contribution < -0.4 is 5.32 Å². The minimum absolute atomic E-state index is 0.138. The van der Waals surface area contributed by atoms with Gasteiger partial charge in [0, 0.05) is 6.04 Å². The molecule has 0 heterocycles. The standard InChI is InChI=1S/C15H25NO2S/c1-11(2)13(4)19(17,18)10-15(16-5)14-9-7-6-8-12(14)3/h6-9,11,13,15-16H,10H2,1-5H3. The first kappa shape index (κ1) is 16.2. The Bertz CT molecular complexity index is 509. The highest BCUT2D eigenvalue weighted by Crippen LogP contribution is 2.22. The van der Waals surface area contributed by atoms with Crippen molar-refractivity contribution in [2.45, 2.75) is 39.0 Å². The monoisotopic (exact) mass is 283 g/mol. The second-order valence-corrected chi connectivity index (χ2v) is 7.88. The Hall–Kier alpha value is -0.870. The Morgan fingerprint density at radius 1 is 1.16 bits per heavy atom. The Labute approximate surface area is 117 Å². The van der Waals surface area contributed by atoms with Crippen LogP contribution in [0.5, 0.6) is 0 Å². The Morgan fingerprint density at radius 3 is 2.21 bits per heavy atom. The molecule has 108 valence electrons. The minimum atomic E-state index is -3.10. The summed E-state index contributed by atoms with van der Waals surface area (Å²) < 4.78 is 24.8. The van der Waals surface area contributed by atoms with E-state index in [4.69, 9.17) is 0 Å². The molecule has 19 heavy (non-hydrogen) atoms. The van der Waals surface area contributed by atoms with E-state index >= 15 is 0 Å². The van der Waals surface area contributed by atoms with Gasteiger partial charge in [0.15, 0.2) is 9.84 Å². The predicted octanol–water partition coefficient (Wildman–Crippen LogP) is 2.71. The topological polar surface area (TPSA) is 46.2 Å². The maximum absolute atomic E-state index is 12.4. The van der Waals surface area contributed by atoms with Crippen molar-refractivity contribution in [1.29, 1.82) is 0 Å². The molecule has 1 rings (SSSR count). The van der Waals surface area contributed by atoms with Crippen molar-refractivity contribution in [2.75, 3.05) is 12.8 Å². The number of hydrogen-bond donors (Lipinski definition) is 1. The molecule has 1 N–H and O–H groups in total. The summed E-state index contributed by atoms with van der Waals surface area (Å²) in [7, 11) is -1.29. The van der Waals surface area contributed by atoms with E-state index in [-0.39, 0.29) is 23.0 Å². The predicted molar refractivity (Wildman–Crippen MR) is 81.1 cm³/mol. The number of benzene rings is 1. The van der Waals surface area contributed by atoms with Crippen LogP contribution in [-0.4, -0.2) is 26.5 Å². The van der Waals surface area contributed by atoms with Gasteiger partial charge >= 0.3 is 0 Å². The Kier molecular flexibility index (Phi) is 5.56. The molecule has 0 saturated heterocycles. The summed E-state index contributed by atoms with van der Waals surface area (Å²) in [5.41, 5.74) is 2.18. The van der Waals surface area contributed by atoms with Crippen molar-refractivity contribution in [1.82, 2.24) is 5.32 Å². The van der Waals surface area contributed by atoms with Crippen LogP contribution in [0.25, 0.3) is 0 Å². The van der Waals surface area contributed by atoms with E-state index in [1.807, 2.05) is 52.1 Å². The van der Waals surface area contributed by atoms with Gasteiger partial charge in [-0.15, -0.1) is 0 Å². The van der Waals surface area contributed by atoms with Crippen LogP contribution in [0.2, 0.25) is 0 Å². The molecular weight excluding hydrogens is 258 g/mol. The van der Waals surface area contributed by atoms with Crippen molar-refractivity contribution in [3.63, 3.8) is 0 Å². The second-order valence-electron chi connectivity index (χ2n) is 5.48. The molecule has 0 aromatic heterocycles. The number of aryl methyl sites for hydroxylation is 1. The largest absolute Gasteiger partial charge is 0.312 e. The molecule has 0 bridgehead atoms. The molecule has 3 nitrogen and oxygen atoms in total. The summed E-state index contributed by atoms with van der Waals surface area (Å²) in [6.45, 7) is 7.71. The van der Waals surface area contributed by atoms with Crippen molar-refractivity contribution in [3.8, 4) is 0 Å². The normalized spacial score (nSPS) is 15.5. The van der Waals surface area contributed by atoms with E-state index in [1.165, 1.54) is 0 Å². The van der Waals surface area contributed by atoms with Crippen molar-refractivity contribution in [3.05, 3.63) is 35.4 Å². The number of sulfone groups is 1. The molecule has 0 aliphatic carbocycles. The summed E-state index contributed by atoms with van der Waals surface area (Å²) >= 11 is 0. The summed E-state index contributed by atoms with van der Waals surface area (Å²) in [4.78, 5) is 0. The van der Waals surface area contributed by atoms with Gasteiger partial charge in [0.2, 0.25) is 0 Å². The maximum Gasteiger partial charge on any atom is 0.155 e. The van der Waals surface area contributed by atoms with Gasteiger partial charge in [-0.05, 0) is 37.9 Å². The fourth-order valence-electron chi connectivity index (χ4n) is 2.11. The van der Waals surface area contributed by atoms with Crippen LogP contribution in [-0.2, 0) is 9.84 Å². The molecule has 1 aromatic carbocycles. The van der Waals surface area contributed by atoms with E-state index in [0.29, 0.717) is 0 Å². The zero-order valence-electron chi connectivity index (χ0n) is 12.5. The van der Waals surface area contributed by atoms with Gasteiger partial charge in [0.05, 0.1) is 11.0 Å². The van der Waals surface area contributed by atoms with Gasteiger partial charge in [-0.25, -0.2) is 8.42 Å². The quantitative estimate of drug-likeness (QED) is 0.873. The summed E-state index contributed by atoms with van der Waals surface area (Å²) in [5.74, 6) is 0.285.